The molecule has 0 saturated carbocycles. The van der Waals surface area contributed by atoms with Crippen molar-refractivity contribution >= 4 is 27.5 Å². The maximum absolute atomic E-state index is 13.2. The first-order chi connectivity index (χ1) is 15.3. The molecule has 0 aliphatic carbocycles. The molecule has 0 unspecified atom stereocenters. The Morgan fingerprint density at radius 2 is 1.91 bits per heavy atom. The third-order valence-corrected chi connectivity index (χ3v) is 7.52. The Bertz CT molecular complexity index is 1140. The molecule has 170 valence electrons. The van der Waals surface area contributed by atoms with Crippen molar-refractivity contribution in [1.29, 1.82) is 0 Å². The highest BCUT2D eigenvalue weighted by Crippen LogP contribution is 2.33. The van der Waals surface area contributed by atoms with Crippen molar-refractivity contribution in [3.8, 4) is 11.5 Å². The maximum Gasteiger partial charge on any atom is 0.265 e. The molecule has 1 fully saturated rings. The van der Waals surface area contributed by atoms with Crippen LogP contribution in [0, 0.1) is 0 Å². The summed E-state index contributed by atoms with van der Waals surface area (Å²) >= 11 is 0. The summed E-state index contributed by atoms with van der Waals surface area (Å²) in [5.41, 5.74) is 0.837. The lowest BCUT2D eigenvalue weighted by molar-refractivity contribution is -0.123. The number of methoxy groups -OCH3 is 1. The second kappa shape index (κ2) is 8.79. The number of carbonyl (C=O) groups excluding carboxylic acids is 2. The summed E-state index contributed by atoms with van der Waals surface area (Å²) in [6.45, 7) is 2.75. The number of anilines is 1. The van der Waals surface area contributed by atoms with Gasteiger partial charge in [0, 0.05) is 31.7 Å². The topological polar surface area (TPSA) is 105 Å². The second-order valence-electron chi connectivity index (χ2n) is 7.59. The molecule has 2 aromatic rings. The van der Waals surface area contributed by atoms with E-state index in [1.54, 1.807) is 35.2 Å². The molecule has 10 heteroatoms. The zero-order valence-corrected chi connectivity index (χ0v) is 18.7. The molecule has 0 aromatic heterocycles. The predicted molar refractivity (Wildman–Crippen MR) is 117 cm³/mol. The Labute approximate surface area is 187 Å². The van der Waals surface area contributed by atoms with Gasteiger partial charge in [-0.05, 0) is 42.8 Å². The summed E-state index contributed by atoms with van der Waals surface area (Å²) < 4.78 is 38.5. The van der Waals surface area contributed by atoms with Crippen LogP contribution in [0.2, 0.25) is 0 Å². The third-order valence-electron chi connectivity index (χ3n) is 5.62. The molecule has 0 spiro atoms. The molecular formula is C22H25N3O6S. The molecular weight excluding hydrogens is 434 g/mol. The van der Waals surface area contributed by atoms with Crippen molar-refractivity contribution in [2.75, 3.05) is 38.6 Å². The van der Waals surface area contributed by atoms with Gasteiger partial charge in [0.1, 0.15) is 11.5 Å². The van der Waals surface area contributed by atoms with Crippen molar-refractivity contribution in [2.24, 2.45) is 0 Å². The average molecular weight is 460 g/mol. The van der Waals surface area contributed by atoms with E-state index in [4.69, 9.17) is 9.47 Å². The highest BCUT2D eigenvalue weighted by Gasteiger charge is 2.32. The van der Waals surface area contributed by atoms with Crippen LogP contribution in [-0.2, 0) is 14.8 Å². The number of amides is 2. The maximum atomic E-state index is 13.2. The fraction of sp³-hybridized carbons (Fsp3) is 0.364. The first-order valence-corrected chi connectivity index (χ1v) is 11.8. The third kappa shape index (κ3) is 4.15. The quantitative estimate of drug-likeness (QED) is 0.733. The van der Waals surface area contributed by atoms with E-state index >= 15 is 0 Å². The van der Waals surface area contributed by atoms with Crippen LogP contribution < -0.4 is 14.8 Å². The zero-order chi connectivity index (χ0) is 22.9. The molecule has 32 heavy (non-hydrogen) atoms. The molecule has 4 rings (SSSR count). The van der Waals surface area contributed by atoms with Gasteiger partial charge in [0.05, 0.1) is 17.7 Å². The van der Waals surface area contributed by atoms with Crippen LogP contribution in [0.25, 0.3) is 0 Å². The lowest BCUT2D eigenvalue weighted by Crippen LogP contribution is -2.50. The molecule has 2 heterocycles. The van der Waals surface area contributed by atoms with Crippen molar-refractivity contribution in [3.63, 3.8) is 0 Å². The lowest BCUT2D eigenvalue weighted by atomic mass is 10.1. The molecule has 2 amide bonds. The summed E-state index contributed by atoms with van der Waals surface area (Å²) in [7, 11) is -2.25. The fourth-order valence-electron chi connectivity index (χ4n) is 3.78. The molecule has 2 aliphatic rings. The standard InChI is InChI=1S/C22H25N3O6S/c1-3-19-21(26)23-18-14-17(7-8-20(18)31-19)32(28,29)25-11-9-24(10-12-25)22(27)15-5-4-6-16(13-15)30-2/h4-8,13-14,19H,3,9-12H2,1-2H3,(H,23,26)/t19-/m1/s1. The van der Waals surface area contributed by atoms with Crippen molar-refractivity contribution < 1.29 is 27.5 Å². The molecule has 1 N–H and O–H groups in total. The Balaban J connectivity index is 1.46. The van der Waals surface area contributed by atoms with Gasteiger partial charge in [-0.2, -0.15) is 4.31 Å². The SMILES string of the molecule is CC[C@H]1Oc2ccc(S(=O)(=O)N3CCN(C(=O)c4cccc(OC)c4)CC3)cc2NC1=O. The monoisotopic (exact) mass is 459 g/mol. The van der Waals surface area contributed by atoms with E-state index in [0.717, 1.165) is 0 Å². The van der Waals surface area contributed by atoms with Crippen LogP contribution in [0.5, 0.6) is 11.5 Å². The summed E-state index contributed by atoms with van der Waals surface area (Å²) in [5.74, 6) is 0.578. The van der Waals surface area contributed by atoms with Crippen LogP contribution >= 0.6 is 0 Å². The summed E-state index contributed by atoms with van der Waals surface area (Å²) in [6.07, 6.45) is -0.0653. The predicted octanol–water partition coefficient (Wildman–Crippen LogP) is 1.95. The summed E-state index contributed by atoms with van der Waals surface area (Å²) in [5, 5.41) is 2.72. The van der Waals surface area contributed by atoms with Crippen LogP contribution in [0.4, 0.5) is 5.69 Å². The van der Waals surface area contributed by atoms with Crippen LogP contribution in [0.3, 0.4) is 0 Å². The summed E-state index contributed by atoms with van der Waals surface area (Å²) in [4.78, 5) is 26.6. The minimum Gasteiger partial charge on any atom is -0.497 e. The Morgan fingerprint density at radius 3 is 2.59 bits per heavy atom. The van der Waals surface area contributed by atoms with Crippen molar-refractivity contribution in [3.05, 3.63) is 48.0 Å². The molecule has 0 bridgehead atoms. The van der Waals surface area contributed by atoms with Gasteiger partial charge in [-0.1, -0.05) is 13.0 Å². The first-order valence-electron chi connectivity index (χ1n) is 10.4. The largest absolute Gasteiger partial charge is 0.497 e. The number of carbonyl (C=O) groups is 2. The van der Waals surface area contributed by atoms with Crippen molar-refractivity contribution in [1.82, 2.24) is 9.21 Å². The number of fused-ring (bicyclic) bond motifs is 1. The first kappa shape index (κ1) is 22.1. The molecule has 2 aromatic carbocycles. The number of ether oxygens (including phenoxy) is 2. The van der Waals surface area contributed by atoms with E-state index in [-0.39, 0.29) is 42.9 Å². The molecule has 0 radical (unpaired) electrons. The van der Waals surface area contributed by atoms with Gasteiger partial charge in [0.2, 0.25) is 10.0 Å². The summed E-state index contributed by atoms with van der Waals surface area (Å²) in [6, 6.07) is 11.3. The van der Waals surface area contributed by atoms with Gasteiger partial charge in [0.15, 0.2) is 6.10 Å². The smallest absolute Gasteiger partial charge is 0.265 e. The fourth-order valence-corrected chi connectivity index (χ4v) is 5.23. The Kier molecular flexibility index (Phi) is 6.07. The van der Waals surface area contributed by atoms with Crippen molar-refractivity contribution in [2.45, 2.75) is 24.3 Å². The van der Waals surface area contributed by atoms with Gasteiger partial charge >= 0.3 is 0 Å². The van der Waals surface area contributed by atoms with Gasteiger partial charge in [-0.3, -0.25) is 9.59 Å². The van der Waals surface area contributed by atoms with E-state index in [0.29, 0.717) is 29.2 Å². The van der Waals surface area contributed by atoms with E-state index in [1.807, 2.05) is 6.92 Å². The number of nitrogens with one attached hydrogen (secondary N) is 1. The normalized spacial score (nSPS) is 19.0. The second-order valence-corrected chi connectivity index (χ2v) is 9.53. The Morgan fingerprint density at radius 1 is 1.16 bits per heavy atom. The van der Waals surface area contributed by atoms with E-state index in [1.165, 1.54) is 23.5 Å². The number of hydrogen-bond acceptors (Lipinski definition) is 6. The number of benzene rings is 2. The van der Waals surface area contributed by atoms with Crippen LogP contribution in [-0.4, -0.2) is 68.8 Å². The van der Waals surface area contributed by atoms with Crippen LogP contribution in [0.15, 0.2) is 47.4 Å². The van der Waals surface area contributed by atoms with E-state index < -0.39 is 16.1 Å². The van der Waals surface area contributed by atoms with E-state index in [2.05, 4.69) is 5.32 Å². The number of sulfonamides is 1. The van der Waals surface area contributed by atoms with Gasteiger partial charge in [-0.15, -0.1) is 0 Å². The minimum atomic E-state index is -3.79. The number of rotatable bonds is 5. The molecule has 9 nitrogen and oxygen atoms in total. The van der Waals surface area contributed by atoms with Gasteiger partial charge in [0.25, 0.3) is 11.8 Å². The molecule has 1 atom stereocenters. The highest BCUT2D eigenvalue weighted by atomic mass is 32.2. The number of nitrogens with zero attached hydrogens (tertiary/aromatic N) is 2. The molecule has 1 saturated heterocycles. The number of hydrogen-bond donors (Lipinski definition) is 1. The van der Waals surface area contributed by atoms with Gasteiger partial charge < -0.3 is 19.7 Å². The van der Waals surface area contributed by atoms with Crippen LogP contribution in [0.1, 0.15) is 23.7 Å². The average Bonchev–Trinajstić information content (AvgIpc) is 2.82. The lowest BCUT2D eigenvalue weighted by Gasteiger charge is -2.34. The minimum absolute atomic E-state index is 0.0719. The van der Waals surface area contributed by atoms with Gasteiger partial charge in [-0.25, -0.2) is 8.42 Å². The van der Waals surface area contributed by atoms with E-state index in [9.17, 15) is 18.0 Å². The Hall–Kier alpha value is -3.11. The molecule has 2 aliphatic heterocycles. The highest BCUT2D eigenvalue weighted by molar-refractivity contribution is 7.89. The zero-order valence-electron chi connectivity index (χ0n) is 17.9. The number of piperazine rings is 1.